The molecule has 0 aliphatic carbocycles. The average molecular weight is 397 g/mol. The molecule has 148 valence electrons. The zero-order chi connectivity index (χ0) is 19.6. The molecule has 2 fully saturated rings. The molecule has 0 saturated carbocycles. The number of nitrogens with one attached hydrogen (secondary N) is 2. The highest BCUT2D eigenvalue weighted by atomic mass is 32.2. The lowest BCUT2D eigenvalue weighted by Gasteiger charge is -2.24. The van der Waals surface area contributed by atoms with E-state index in [1.54, 1.807) is 0 Å². The lowest BCUT2D eigenvalue weighted by atomic mass is 10.1. The topological polar surface area (TPSA) is 148 Å². The summed E-state index contributed by atoms with van der Waals surface area (Å²) in [6, 6.07) is 4.24. The third-order valence-corrected chi connectivity index (χ3v) is 5.94. The summed E-state index contributed by atoms with van der Waals surface area (Å²) in [6.07, 6.45) is 3.38. The maximum Gasteiger partial charge on any atom is 0.293 e. The van der Waals surface area contributed by atoms with Crippen LogP contribution in [0.3, 0.4) is 0 Å². The Morgan fingerprint density at radius 1 is 1.33 bits per heavy atom. The van der Waals surface area contributed by atoms with Gasteiger partial charge in [0.05, 0.1) is 9.82 Å². The normalized spacial score (nSPS) is 22.3. The van der Waals surface area contributed by atoms with Crippen molar-refractivity contribution in [2.24, 2.45) is 5.14 Å². The van der Waals surface area contributed by atoms with Crippen LogP contribution in [0.2, 0.25) is 0 Å². The van der Waals surface area contributed by atoms with E-state index in [1.807, 2.05) is 4.90 Å². The van der Waals surface area contributed by atoms with Crippen molar-refractivity contribution in [3.05, 3.63) is 28.3 Å². The molecule has 2 saturated heterocycles. The fourth-order valence-corrected chi connectivity index (χ4v) is 4.15. The van der Waals surface area contributed by atoms with Crippen LogP contribution in [0.15, 0.2) is 23.1 Å². The summed E-state index contributed by atoms with van der Waals surface area (Å²) in [5, 5.41) is 22.6. The van der Waals surface area contributed by atoms with E-state index in [4.69, 9.17) is 5.14 Å². The highest BCUT2D eigenvalue weighted by Gasteiger charge is 2.30. The number of likely N-dealkylation sites (tertiary alicyclic amines) is 1. The molecule has 1 aromatic carbocycles. The number of nitro benzene ring substituents is 1. The first-order valence-corrected chi connectivity index (χ1v) is 10.4. The van der Waals surface area contributed by atoms with Gasteiger partial charge in [0.25, 0.3) is 5.69 Å². The summed E-state index contributed by atoms with van der Waals surface area (Å²) in [6.45, 7) is 1.63. The van der Waals surface area contributed by atoms with Gasteiger partial charge in [-0.2, -0.15) is 0 Å². The van der Waals surface area contributed by atoms with Gasteiger partial charge in [0.15, 0.2) is 0 Å². The molecule has 10 nitrogen and oxygen atoms in total. The minimum absolute atomic E-state index is 0.000610. The van der Waals surface area contributed by atoms with Crippen LogP contribution in [-0.4, -0.2) is 55.9 Å². The van der Waals surface area contributed by atoms with E-state index in [2.05, 4.69) is 10.6 Å². The standard InChI is InChI=1S/C16H23N5O5S/c17-27(25,26)13-3-4-14(15(9-13)21(23)24)18-7-5-16(22)20-8-6-11-1-2-12(10-20)19-11/h3-4,9,11-12,18-19H,1-2,5-8,10H2,(H2,17,25,26). The van der Waals surface area contributed by atoms with Crippen LogP contribution in [0.25, 0.3) is 0 Å². The summed E-state index contributed by atoms with van der Waals surface area (Å²) in [4.78, 5) is 24.5. The maximum atomic E-state index is 12.5. The van der Waals surface area contributed by atoms with Crippen molar-refractivity contribution in [1.29, 1.82) is 0 Å². The van der Waals surface area contributed by atoms with Gasteiger partial charge in [0.2, 0.25) is 15.9 Å². The third-order valence-electron chi connectivity index (χ3n) is 5.02. The fourth-order valence-electron chi connectivity index (χ4n) is 3.62. The van der Waals surface area contributed by atoms with Crippen molar-refractivity contribution in [2.75, 3.05) is 25.0 Å². The summed E-state index contributed by atoms with van der Waals surface area (Å²) in [7, 11) is -4.03. The number of hydrogen-bond acceptors (Lipinski definition) is 7. The first-order chi connectivity index (χ1) is 12.7. The molecule has 3 rings (SSSR count). The molecule has 2 atom stereocenters. The monoisotopic (exact) mass is 397 g/mol. The number of anilines is 1. The van der Waals surface area contributed by atoms with Gasteiger partial charge in [-0.1, -0.05) is 0 Å². The Balaban J connectivity index is 1.59. The van der Waals surface area contributed by atoms with Crippen LogP contribution in [0.4, 0.5) is 11.4 Å². The molecule has 0 aromatic heterocycles. The van der Waals surface area contributed by atoms with Crippen LogP contribution < -0.4 is 15.8 Å². The average Bonchev–Trinajstić information content (AvgIpc) is 2.92. The van der Waals surface area contributed by atoms with E-state index < -0.39 is 20.6 Å². The van der Waals surface area contributed by atoms with Crippen molar-refractivity contribution >= 4 is 27.3 Å². The van der Waals surface area contributed by atoms with Gasteiger partial charge in [-0.25, -0.2) is 13.6 Å². The predicted molar refractivity (Wildman–Crippen MR) is 98.7 cm³/mol. The Hall–Kier alpha value is -2.24. The molecule has 2 bridgehead atoms. The van der Waals surface area contributed by atoms with E-state index in [0.717, 1.165) is 31.9 Å². The Morgan fingerprint density at radius 2 is 2.07 bits per heavy atom. The van der Waals surface area contributed by atoms with Crippen LogP contribution >= 0.6 is 0 Å². The van der Waals surface area contributed by atoms with Crippen LogP contribution in [0, 0.1) is 10.1 Å². The van der Waals surface area contributed by atoms with Gasteiger partial charge in [0, 0.05) is 44.2 Å². The molecule has 27 heavy (non-hydrogen) atoms. The number of nitrogens with zero attached hydrogens (tertiary/aromatic N) is 2. The summed E-state index contributed by atoms with van der Waals surface area (Å²) < 4.78 is 22.7. The lowest BCUT2D eigenvalue weighted by molar-refractivity contribution is -0.384. The number of hydrogen-bond donors (Lipinski definition) is 3. The number of amides is 1. The number of rotatable bonds is 6. The van der Waals surface area contributed by atoms with Crippen molar-refractivity contribution < 1.29 is 18.1 Å². The fraction of sp³-hybridized carbons (Fsp3) is 0.562. The van der Waals surface area contributed by atoms with E-state index >= 15 is 0 Å². The third kappa shape index (κ3) is 4.73. The Labute approximate surface area is 157 Å². The van der Waals surface area contributed by atoms with Gasteiger partial charge < -0.3 is 15.5 Å². The molecule has 0 radical (unpaired) electrons. The van der Waals surface area contributed by atoms with Crippen molar-refractivity contribution in [1.82, 2.24) is 10.2 Å². The van der Waals surface area contributed by atoms with Crippen LogP contribution in [0.5, 0.6) is 0 Å². The number of fused-ring (bicyclic) bond motifs is 2. The van der Waals surface area contributed by atoms with Crippen molar-refractivity contribution in [2.45, 2.75) is 42.7 Å². The van der Waals surface area contributed by atoms with Gasteiger partial charge in [-0.05, 0) is 31.4 Å². The van der Waals surface area contributed by atoms with Crippen LogP contribution in [-0.2, 0) is 14.8 Å². The van der Waals surface area contributed by atoms with Crippen LogP contribution in [0.1, 0.15) is 25.7 Å². The molecule has 1 amide bonds. The predicted octanol–water partition coefficient (Wildman–Crippen LogP) is 0.397. The molecule has 4 N–H and O–H groups in total. The highest BCUT2D eigenvalue weighted by Crippen LogP contribution is 2.27. The lowest BCUT2D eigenvalue weighted by Crippen LogP contribution is -2.39. The second-order valence-electron chi connectivity index (χ2n) is 6.92. The first-order valence-electron chi connectivity index (χ1n) is 8.83. The molecule has 1 aromatic rings. The summed E-state index contributed by atoms with van der Waals surface area (Å²) in [5.41, 5.74) is -0.248. The van der Waals surface area contributed by atoms with Crippen molar-refractivity contribution in [3.63, 3.8) is 0 Å². The number of primary sulfonamides is 1. The highest BCUT2D eigenvalue weighted by molar-refractivity contribution is 7.89. The molecule has 2 aliphatic rings. The van der Waals surface area contributed by atoms with Gasteiger partial charge >= 0.3 is 0 Å². The first kappa shape index (κ1) is 19.5. The Bertz CT molecular complexity index is 844. The maximum absolute atomic E-state index is 12.5. The van der Waals surface area contributed by atoms with E-state index in [1.165, 1.54) is 12.1 Å². The molecular formula is C16H23N5O5S. The van der Waals surface area contributed by atoms with E-state index in [-0.39, 0.29) is 29.5 Å². The largest absolute Gasteiger partial charge is 0.379 e. The number of nitro groups is 1. The van der Waals surface area contributed by atoms with Gasteiger partial charge in [-0.15, -0.1) is 0 Å². The number of benzene rings is 1. The zero-order valence-corrected chi connectivity index (χ0v) is 15.6. The smallest absolute Gasteiger partial charge is 0.293 e. The Kier molecular flexibility index (Phi) is 5.63. The number of sulfonamides is 1. The molecular weight excluding hydrogens is 374 g/mol. The van der Waals surface area contributed by atoms with E-state index in [0.29, 0.717) is 18.6 Å². The second-order valence-corrected chi connectivity index (χ2v) is 8.49. The molecule has 11 heteroatoms. The molecule has 2 unspecified atom stereocenters. The molecule has 2 aliphatic heterocycles. The molecule has 2 heterocycles. The van der Waals surface area contributed by atoms with Gasteiger partial charge in [0.1, 0.15) is 5.69 Å². The van der Waals surface area contributed by atoms with Gasteiger partial charge in [-0.3, -0.25) is 14.9 Å². The van der Waals surface area contributed by atoms with Crippen molar-refractivity contribution in [3.8, 4) is 0 Å². The summed E-state index contributed by atoms with van der Waals surface area (Å²) >= 11 is 0. The summed E-state index contributed by atoms with van der Waals surface area (Å²) in [5.74, 6) is 0.000610. The Morgan fingerprint density at radius 3 is 2.78 bits per heavy atom. The zero-order valence-electron chi connectivity index (χ0n) is 14.8. The SMILES string of the molecule is NS(=O)(=O)c1ccc(NCCC(=O)N2CCC3CCC(C2)N3)c([N+](=O)[O-])c1. The number of nitrogens with two attached hydrogens (primary N) is 1. The molecule has 0 spiro atoms. The second kappa shape index (κ2) is 7.79. The minimum atomic E-state index is -4.03. The number of carbonyl (C=O) groups excluding carboxylic acids is 1. The van der Waals surface area contributed by atoms with E-state index in [9.17, 15) is 23.3 Å². The number of carbonyl (C=O) groups is 1. The quantitative estimate of drug-likeness (QED) is 0.465. The minimum Gasteiger partial charge on any atom is -0.379 e.